The Morgan fingerprint density at radius 2 is 1.75 bits per heavy atom. The fraction of sp³-hybridized carbons (Fsp3) is 0.372. The summed E-state index contributed by atoms with van der Waals surface area (Å²) in [5.41, 5.74) is 11.6. The van der Waals surface area contributed by atoms with Gasteiger partial charge in [0.25, 0.3) is 5.91 Å². The van der Waals surface area contributed by atoms with Crippen molar-refractivity contribution in [3.05, 3.63) is 123 Å². The number of rotatable bonds is 8. The zero-order valence-corrected chi connectivity index (χ0v) is 33.4. The molecule has 2 aliphatic heterocycles. The van der Waals surface area contributed by atoms with Crippen LogP contribution in [0.2, 0.25) is 0 Å². The Morgan fingerprint density at radius 3 is 2.42 bits per heavy atom. The lowest BCUT2D eigenvalue weighted by molar-refractivity contribution is -0.0592. The van der Waals surface area contributed by atoms with Gasteiger partial charge in [0.1, 0.15) is 24.5 Å². The minimum Gasteiger partial charge on any atom is -0.402 e. The molecule has 2 aromatic heterocycles. The molecule has 1 atom stereocenters. The van der Waals surface area contributed by atoms with Crippen molar-refractivity contribution in [3.63, 3.8) is 0 Å². The first-order valence-corrected chi connectivity index (χ1v) is 21.2. The van der Waals surface area contributed by atoms with Crippen LogP contribution in [0.3, 0.4) is 0 Å². The number of aliphatic imine (C=N–C) groups is 1. The predicted octanol–water partition coefficient (Wildman–Crippen LogP) is 7.91. The zero-order valence-electron chi connectivity index (χ0n) is 32.5. The molecule has 0 aliphatic carbocycles. The van der Waals surface area contributed by atoms with Crippen molar-refractivity contribution in [1.82, 2.24) is 19.0 Å². The van der Waals surface area contributed by atoms with Crippen LogP contribution in [0.1, 0.15) is 80.1 Å². The summed E-state index contributed by atoms with van der Waals surface area (Å²) in [7, 11) is -2.50. The second kappa shape index (κ2) is 14.9. The first-order chi connectivity index (χ1) is 26.2. The van der Waals surface area contributed by atoms with Crippen LogP contribution in [0.15, 0.2) is 94.1 Å². The van der Waals surface area contributed by atoms with Gasteiger partial charge in [-0.25, -0.2) is 14.2 Å². The van der Waals surface area contributed by atoms with Crippen LogP contribution >= 0.6 is 7.14 Å². The highest BCUT2D eigenvalue weighted by Gasteiger charge is 2.31. The number of hydrogen-bond acceptors (Lipinski definition) is 6. The summed E-state index contributed by atoms with van der Waals surface area (Å²) >= 11 is 0. The second-order valence-corrected chi connectivity index (χ2v) is 19.1. The van der Waals surface area contributed by atoms with Crippen molar-refractivity contribution in [2.24, 2.45) is 10.7 Å². The minimum absolute atomic E-state index is 0.107. The summed E-state index contributed by atoms with van der Waals surface area (Å²) in [6, 6.07) is 18.8. The Morgan fingerprint density at radius 1 is 1.04 bits per heavy atom. The van der Waals surface area contributed by atoms with Crippen molar-refractivity contribution in [2.75, 3.05) is 32.0 Å². The number of ether oxygens (including phenoxy) is 1. The van der Waals surface area contributed by atoms with Crippen molar-refractivity contribution in [2.45, 2.75) is 72.3 Å². The number of benzene rings is 3. The molecule has 0 bridgehead atoms. The standard InChI is InChI=1S/C43H50FN6O4P/c1-7-55(53,8-2)34-12-10-33(11-13-34)49-18-19-50(42(49)52)40(46-32-21-27(3)39(44)28(4)22-32)35-26-48(17-15-36(35)45)41(51)38-24-31-23-29(9-14-37(31)47-38)30-16-20-54-43(5,6)25-30/h9-14,18-19,21-24,30,47H,7-8,15-17,20,25-26,45H2,1-6H3/t30-/m0/s1. The van der Waals surface area contributed by atoms with Crippen molar-refractivity contribution >= 4 is 40.8 Å². The summed E-state index contributed by atoms with van der Waals surface area (Å²) < 4.78 is 36.9. The molecule has 1 amide bonds. The molecular weight excluding hydrogens is 714 g/mol. The molecule has 0 spiro atoms. The van der Waals surface area contributed by atoms with Crippen LogP contribution in [-0.4, -0.2) is 68.4 Å². The molecule has 3 aromatic carbocycles. The van der Waals surface area contributed by atoms with Crippen LogP contribution in [0, 0.1) is 19.7 Å². The minimum atomic E-state index is -2.50. The highest BCUT2D eigenvalue weighted by atomic mass is 31.2. The lowest BCUT2D eigenvalue weighted by Gasteiger charge is -2.35. The zero-order chi connectivity index (χ0) is 39.2. The Bertz CT molecular complexity index is 2420. The average Bonchev–Trinajstić information content (AvgIpc) is 3.78. The van der Waals surface area contributed by atoms with E-state index < -0.39 is 12.8 Å². The van der Waals surface area contributed by atoms with E-state index in [2.05, 4.69) is 31.0 Å². The number of amides is 1. The van der Waals surface area contributed by atoms with Gasteiger partial charge in [-0.3, -0.25) is 13.9 Å². The largest absolute Gasteiger partial charge is 0.402 e. The molecule has 288 valence electrons. The molecule has 1 fully saturated rings. The third-order valence-electron chi connectivity index (χ3n) is 11.3. The molecule has 7 rings (SSSR count). The molecule has 10 nitrogen and oxygen atoms in total. The first-order valence-electron chi connectivity index (χ1n) is 19.1. The Balaban J connectivity index is 1.23. The number of H-pyrrole nitrogens is 1. The Hall–Kier alpha value is -4.99. The molecule has 1 saturated heterocycles. The lowest BCUT2D eigenvalue weighted by Crippen LogP contribution is -2.42. The smallest absolute Gasteiger partial charge is 0.338 e. The quantitative estimate of drug-likeness (QED) is 0.0944. The van der Waals surface area contributed by atoms with E-state index >= 15 is 0 Å². The number of carbonyl (C=O) groups is 1. The van der Waals surface area contributed by atoms with Crippen LogP contribution in [0.4, 0.5) is 10.1 Å². The maximum Gasteiger partial charge on any atom is 0.338 e. The number of aryl methyl sites for hydroxylation is 2. The SMILES string of the molecule is CCP(=O)(CC)c1ccc(-n2ccn(C(=Nc3cc(C)c(F)c(C)c3)C3=C(N)CCN(C(=O)c4cc5cc([C@H]6CCOC(C)(C)C6)ccc5[nH]4)C3)c2=O)cc1. The van der Waals surface area contributed by atoms with Gasteiger partial charge in [0, 0.05) is 71.8 Å². The van der Waals surface area contributed by atoms with E-state index in [1.807, 2.05) is 38.1 Å². The molecular formula is C43H50FN6O4P. The van der Waals surface area contributed by atoms with E-state index in [4.69, 9.17) is 15.5 Å². The second-order valence-electron chi connectivity index (χ2n) is 15.5. The number of fused-ring (bicyclic) bond motifs is 1. The van der Waals surface area contributed by atoms with E-state index in [1.165, 1.54) is 14.7 Å². The summed E-state index contributed by atoms with van der Waals surface area (Å²) in [6.07, 6.45) is 6.65. The molecule has 0 unspecified atom stereocenters. The van der Waals surface area contributed by atoms with Gasteiger partial charge < -0.3 is 24.9 Å². The molecule has 55 heavy (non-hydrogen) atoms. The van der Waals surface area contributed by atoms with Crippen molar-refractivity contribution < 1.29 is 18.5 Å². The summed E-state index contributed by atoms with van der Waals surface area (Å²) in [6.45, 7) is 12.7. The summed E-state index contributed by atoms with van der Waals surface area (Å²) in [5.74, 6) is 0.120. The number of carbonyl (C=O) groups excluding carboxylic acids is 1. The van der Waals surface area contributed by atoms with Crippen molar-refractivity contribution in [1.29, 1.82) is 0 Å². The van der Waals surface area contributed by atoms with E-state index in [-0.39, 0.29) is 29.7 Å². The van der Waals surface area contributed by atoms with Gasteiger partial charge in [-0.05, 0) is 118 Å². The topological polar surface area (TPSA) is 128 Å². The number of nitrogens with two attached hydrogens (primary N) is 1. The molecule has 0 radical (unpaired) electrons. The van der Waals surface area contributed by atoms with Crippen LogP contribution in [-0.2, 0) is 9.30 Å². The van der Waals surface area contributed by atoms with E-state index in [1.54, 1.807) is 55.4 Å². The third-order valence-corrected chi connectivity index (χ3v) is 14.6. The van der Waals surface area contributed by atoms with Crippen molar-refractivity contribution in [3.8, 4) is 5.69 Å². The van der Waals surface area contributed by atoms with Crippen LogP contribution in [0.25, 0.3) is 16.6 Å². The van der Waals surface area contributed by atoms with Crippen LogP contribution in [0.5, 0.6) is 0 Å². The van der Waals surface area contributed by atoms with E-state index in [0.717, 1.165) is 35.7 Å². The Kier molecular flexibility index (Phi) is 10.4. The third kappa shape index (κ3) is 7.52. The lowest BCUT2D eigenvalue weighted by atomic mass is 9.83. The summed E-state index contributed by atoms with van der Waals surface area (Å²) in [5, 5.41) is 1.75. The number of aromatic nitrogens is 3. The fourth-order valence-corrected chi connectivity index (χ4v) is 9.83. The van der Waals surface area contributed by atoms with E-state index in [9.17, 15) is 18.5 Å². The fourth-order valence-electron chi connectivity index (χ4n) is 7.96. The molecule has 5 aromatic rings. The molecule has 12 heteroatoms. The van der Waals surface area contributed by atoms with E-state index in [0.29, 0.717) is 70.7 Å². The number of aromatic amines is 1. The molecule has 0 saturated carbocycles. The average molecular weight is 765 g/mol. The highest BCUT2D eigenvalue weighted by molar-refractivity contribution is 7.71. The number of hydrogen-bond donors (Lipinski definition) is 2. The maximum absolute atomic E-state index is 14.7. The van der Waals surface area contributed by atoms with Gasteiger partial charge >= 0.3 is 5.69 Å². The number of nitrogens with one attached hydrogen (secondary N) is 1. The monoisotopic (exact) mass is 764 g/mol. The molecule has 2 aliphatic rings. The molecule has 3 N–H and O–H groups in total. The van der Waals surface area contributed by atoms with Gasteiger partial charge in [-0.15, -0.1) is 0 Å². The van der Waals surface area contributed by atoms with Gasteiger partial charge in [-0.1, -0.05) is 19.9 Å². The number of nitrogens with zero attached hydrogens (tertiary/aromatic N) is 4. The van der Waals surface area contributed by atoms with Gasteiger partial charge in [-0.2, -0.15) is 0 Å². The highest BCUT2D eigenvalue weighted by Crippen LogP contribution is 2.43. The number of halogens is 1. The maximum atomic E-state index is 14.7. The normalized spacial score (nSPS) is 18.0. The summed E-state index contributed by atoms with van der Waals surface area (Å²) in [4.78, 5) is 38.4. The van der Waals surface area contributed by atoms with Crippen LogP contribution < -0.4 is 16.7 Å². The molecule has 4 heterocycles. The number of imidazole rings is 1. The van der Waals surface area contributed by atoms with Gasteiger partial charge in [0.05, 0.1) is 23.5 Å². The Labute approximate surface area is 321 Å². The van der Waals surface area contributed by atoms with Gasteiger partial charge in [0.15, 0.2) is 0 Å². The first kappa shape index (κ1) is 38.3. The van der Waals surface area contributed by atoms with Gasteiger partial charge in [0.2, 0.25) is 0 Å². The predicted molar refractivity (Wildman–Crippen MR) is 219 cm³/mol.